The van der Waals surface area contributed by atoms with Crippen LogP contribution in [0, 0.1) is 69.4 Å². The first-order valence-corrected chi connectivity index (χ1v) is 28.9. The summed E-state index contributed by atoms with van der Waals surface area (Å²) in [5.41, 5.74) is 5.96. The van der Waals surface area contributed by atoms with Crippen molar-refractivity contribution >= 4 is 75.1 Å². The van der Waals surface area contributed by atoms with Gasteiger partial charge in [0.2, 0.25) is 23.6 Å². The largest absolute Gasteiger partial charge is 0.473 e. The van der Waals surface area contributed by atoms with E-state index in [1.807, 2.05) is 33.2 Å². The number of nitrogens with one attached hydrogen (secondary N) is 2. The van der Waals surface area contributed by atoms with Gasteiger partial charge in [0.15, 0.2) is 11.4 Å². The van der Waals surface area contributed by atoms with Gasteiger partial charge in [-0.25, -0.2) is 49.6 Å². The number of fused-ring (bicyclic) bond motifs is 6. The van der Waals surface area contributed by atoms with Gasteiger partial charge in [0.1, 0.15) is 54.1 Å². The van der Waals surface area contributed by atoms with Crippen molar-refractivity contribution in [2.45, 2.75) is 97.4 Å². The molecular weight excluding hydrogens is 1090 g/mol. The fourth-order valence-electron chi connectivity index (χ4n) is 11.6. The van der Waals surface area contributed by atoms with Gasteiger partial charge in [-0.2, -0.15) is 0 Å². The minimum Gasteiger partial charge on any atom is -0.473 e. The lowest BCUT2D eigenvalue weighted by Crippen LogP contribution is -2.58. The lowest BCUT2D eigenvalue weighted by Gasteiger charge is -2.46. The number of halogens is 3. The molecule has 424 valence electrons. The van der Waals surface area contributed by atoms with Gasteiger partial charge < -0.3 is 44.0 Å². The van der Waals surface area contributed by atoms with Crippen LogP contribution in [-0.2, 0) is 20.6 Å². The number of anilines is 5. The summed E-state index contributed by atoms with van der Waals surface area (Å²) in [4.78, 5) is 43.9. The summed E-state index contributed by atoms with van der Waals surface area (Å²) in [5.74, 6) is 5.95. The van der Waals surface area contributed by atoms with Gasteiger partial charge in [0, 0.05) is 66.6 Å². The van der Waals surface area contributed by atoms with Crippen LogP contribution in [0.3, 0.4) is 0 Å². The molecule has 6 unspecified atom stereocenters. The SMILES string of the molecule is Cc1c(Cl)ncnc1OC1C2CCCC1COC2.[C-]#[N+]c1ccc(Nc2ncnc(OC3C4CCCC3COC4)c2C)c(Cl)c1.[C-]#[N+]c1ccc(Nc2ncnc(OC3C4COCC3CN(c3ncc(CCC)cn3)C4)c2C)c(Cl)c1. The van der Waals surface area contributed by atoms with Crippen molar-refractivity contribution in [2.75, 3.05) is 68.3 Å². The number of nitrogens with zero attached hydrogens (tertiary/aromatic N) is 11. The van der Waals surface area contributed by atoms with Gasteiger partial charge in [-0.15, -0.1) is 0 Å². The topological polar surface area (TPSA) is 195 Å². The Labute approximate surface area is 487 Å². The highest BCUT2D eigenvalue weighted by atomic mass is 35.5. The number of aryl methyl sites for hydroxylation is 1. The predicted octanol–water partition coefficient (Wildman–Crippen LogP) is 12.6. The van der Waals surface area contributed by atoms with Gasteiger partial charge in [-0.1, -0.05) is 73.1 Å². The van der Waals surface area contributed by atoms with E-state index in [-0.39, 0.29) is 30.1 Å². The van der Waals surface area contributed by atoms with E-state index in [4.69, 9.17) is 76.4 Å². The Kier molecular flexibility index (Phi) is 19.1. The summed E-state index contributed by atoms with van der Waals surface area (Å²) >= 11 is 18.6. The summed E-state index contributed by atoms with van der Waals surface area (Å²) in [6.45, 7) is 28.0. The normalized spacial score (nSPS) is 24.3. The standard InChI is InChI=1S/C26H28ClN7O2.C20H21ClN4O2.C13H17ClN2O2/c1-4-5-17-9-29-26(30-10-17)34-11-18-13-35-14-19(12-34)23(18)36-25-16(2)24(31-15-32-25)33-22-7-6-20(28-3)8-21(22)27;1-12-19(25-17-7-6-15(22-2)8-16(17)21)23-11-24-20(12)27-18-13-4-3-5-14(18)10-26-9-13;1-8-12(14)15-7-16-13(8)18-11-9-3-2-4-10(11)6-17-5-9/h6-10,15,18-19,23H,4-5,11-14H2,1-2H3,(H,31,32,33);6-8,11,13-14,18H,3-5,9-10H2,1H3,(H,23,24,25);7,9-11H,2-6H2,1H3. The molecule has 2 aliphatic carbocycles. The van der Waals surface area contributed by atoms with Crippen molar-refractivity contribution in [1.29, 1.82) is 0 Å². The molecule has 6 aromatic rings. The van der Waals surface area contributed by atoms with Gasteiger partial charge in [0.05, 0.1) is 85.3 Å². The predicted molar refractivity (Wildman–Crippen MR) is 310 cm³/mol. The van der Waals surface area contributed by atoms with Crippen LogP contribution in [0.1, 0.15) is 74.1 Å². The second-order valence-corrected chi connectivity index (χ2v) is 22.7. The monoisotopic (exact) mass is 1160 g/mol. The van der Waals surface area contributed by atoms with E-state index < -0.39 is 0 Å². The van der Waals surface area contributed by atoms with Crippen LogP contribution < -0.4 is 29.7 Å². The van der Waals surface area contributed by atoms with E-state index >= 15 is 0 Å². The van der Waals surface area contributed by atoms with Gasteiger partial charge >= 0.3 is 0 Å². The molecule has 6 aliphatic rings. The average molecular weight is 1160 g/mol. The van der Waals surface area contributed by atoms with Crippen LogP contribution in [0.2, 0.25) is 15.2 Å². The molecule has 0 amide bonds. The maximum absolute atomic E-state index is 7.14. The third kappa shape index (κ3) is 13.8. The van der Waals surface area contributed by atoms with E-state index in [1.54, 1.807) is 36.4 Å². The van der Waals surface area contributed by atoms with Crippen LogP contribution in [0.15, 0.2) is 67.8 Å². The Morgan fingerprint density at radius 1 is 0.556 bits per heavy atom. The lowest BCUT2D eigenvalue weighted by molar-refractivity contribution is -0.0921. The zero-order valence-electron chi connectivity index (χ0n) is 45.9. The van der Waals surface area contributed by atoms with Gasteiger partial charge in [-0.05, 0) is 82.7 Å². The van der Waals surface area contributed by atoms with Crippen molar-refractivity contribution in [3.05, 3.63) is 128 Å². The van der Waals surface area contributed by atoms with Crippen LogP contribution in [-0.4, -0.2) is 111 Å². The maximum Gasteiger partial charge on any atom is 0.225 e. The summed E-state index contributed by atoms with van der Waals surface area (Å²) in [7, 11) is 0. The van der Waals surface area contributed by atoms with E-state index in [0.717, 1.165) is 93.4 Å². The number of aromatic nitrogens is 8. The zero-order valence-corrected chi connectivity index (χ0v) is 48.1. The Hall–Kier alpha value is -6.71. The second kappa shape index (κ2) is 26.9. The third-order valence-corrected chi connectivity index (χ3v) is 17.0. The highest BCUT2D eigenvalue weighted by molar-refractivity contribution is 6.34. The van der Waals surface area contributed by atoms with Crippen molar-refractivity contribution in [3.8, 4) is 17.6 Å². The molecule has 6 fully saturated rings. The summed E-state index contributed by atoms with van der Waals surface area (Å²) < 4.78 is 36.2. The molecule has 8 heterocycles. The number of rotatable bonds is 13. The molecule has 0 radical (unpaired) electrons. The molecule has 81 heavy (non-hydrogen) atoms. The Morgan fingerprint density at radius 3 is 1.38 bits per heavy atom. The van der Waals surface area contributed by atoms with Crippen molar-refractivity contribution < 1.29 is 28.4 Å². The minimum absolute atomic E-state index is 0.0302. The summed E-state index contributed by atoms with van der Waals surface area (Å²) in [5, 5.41) is 7.87. The van der Waals surface area contributed by atoms with Crippen LogP contribution in [0.4, 0.5) is 40.3 Å². The fourth-order valence-corrected chi connectivity index (χ4v) is 12.2. The number of hydrogen-bond donors (Lipinski definition) is 2. The number of ether oxygens (including phenoxy) is 6. The third-order valence-electron chi connectivity index (χ3n) is 16.0. The molecule has 22 heteroatoms. The first kappa shape index (κ1) is 57.5. The van der Waals surface area contributed by atoms with Crippen LogP contribution in [0.5, 0.6) is 17.6 Å². The van der Waals surface area contributed by atoms with E-state index in [1.165, 1.54) is 44.7 Å². The molecule has 6 atom stereocenters. The number of hydrogen-bond acceptors (Lipinski definition) is 17. The molecule has 4 aliphatic heterocycles. The molecule has 2 aromatic carbocycles. The fraction of sp³-hybridized carbons (Fsp3) is 0.492. The van der Waals surface area contributed by atoms with Crippen molar-refractivity contribution in [2.24, 2.45) is 35.5 Å². The molecule has 4 aromatic heterocycles. The lowest BCUT2D eigenvalue weighted by atomic mass is 9.77. The maximum atomic E-state index is 7.14. The zero-order chi connectivity index (χ0) is 56.4. The summed E-state index contributed by atoms with van der Waals surface area (Å²) in [6, 6.07) is 10.2. The Morgan fingerprint density at radius 2 is 0.963 bits per heavy atom. The molecule has 4 saturated heterocycles. The molecule has 6 bridgehead atoms. The molecule has 19 nitrogen and oxygen atoms in total. The molecular formula is C59H66Cl3N13O6. The van der Waals surface area contributed by atoms with Crippen molar-refractivity contribution in [3.63, 3.8) is 0 Å². The highest BCUT2D eigenvalue weighted by Crippen LogP contribution is 2.41. The smallest absolute Gasteiger partial charge is 0.225 e. The first-order valence-electron chi connectivity index (χ1n) is 27.7. The first-order chi connectivity index (χ1) is 39.5. The average Bonchev–Trinajstić information content (AvgIpc) is 3.55. The second-order valence-electron chi connectivity index (χ2n) is 21.5. The minimum atomic E-state index is -0.0302. The number of piperidine rings is 1. The van der Waals surface area contributed by atoms with E-state index in [2.05, 4.69) is 72.0 Å². The summed E-state index contributed by atoms with van der Waals surface area (Å²) in [6.07, 6.45) is 17.9. The number of benzene rings is 2. The van der Waals surface area contributed by atoms with E-state index in [0.29, 0.717) is 104 Å². The molecule has 2 N–H and O–H groups in total. The molecule has 12 rings (SSSR count). The van der Waals surface area contributed by atoms with Gasteiger partial charge in [-0.3, -0.25) is 0 Å². The highest BCUT2D eigenvalue weighted by Gasteiger charge is 2.44. The van der Waals surface area contributed by atoms with Crippen LogP contribution in [0.25, 0.3) is 9.69 Å². The Bertz CT molecular complexity index is 3170. The molecule has 0 spiro atoms. The Balaban J connectivity index is 0.000000144. The molecule has 2 saturated carbocycles. The van der Waals surface area contributed by atoms with Crippen LogP contribution >= 0.6 is 34.8 Å². The van der Waals surface area contributed by atoms with E-state index in [9.17, 15) is 0 Å². The quantitative estimate of drug-likeness (QED) is 0.0818. The van der Waals surface area contributed by atoms with Crippen molar-refractivity contribution in [1.82, 2.24) is 39.9 Å². The van der Waals surface area contributed by atoms with Gasteiger partial charge in [0.25, 0.3) is 0 Å².